The number of piperidine rings is 1. The third kappa shape index (κ3) is 3.77. The fourth-order valence-electron chi connectivity index (χ4n) is 4.59. The highest BCUT2D eigenvalue weighted by molar-refractivity contribution is 5.84. The van der Waals surface area contributed by atoms with Crippen LogP contribution < -0.4 is 0 Å². The summed E-state index contributed by atoms with van der Waals surface area (Å²) in [6, 6.07) is 10.4. The second-order valence-electron chi connectivity index (χ2n) is 7.86. The molecule has 1 N–H and O–H groups in total. The number of aliphatic hydroxyl groups excluding tert-OH is 1. The van der Waals surface area contributed by atoms with Crippen molar-refractivity contribution in [3.05, 3.63) is 54.1 Å². The van der Waals surface area contributed by atoms with Crippen LogP contribution in [0, 0.1) is 5.41 Å². The van der Waals surface area contributed by atoms with Crippen LogP contribution in [0.4, 0.5) is 0 Å². The summed E-state index contributed by atoms with van der Waals surface area (Å²) in [5.74, 6) is 0.239. The average Bonchev–Trinajstić information content (AvgIpc) is 3.29. The zero-order chi connectivity index (χ0) is 18.7. The van der Waals surface area contributed by atoms with Gasteiger partial charge in [0.05, 0.1) is 24.0 Å². The van der Waals surface area contributed by atoms with E-state index >= 15 is 0 Å². The molecule has 2 aliphatic heterocycles. The fraction of sp³-hybridized carbons (Fsp3) is 0.524. The number of carbonyl (C=O) groups excluding carboxylic acids is 1. The SMILES string of the molecule is O=C1N(CCO)CCCC12CCN(Cc1cncn1Cc1ccccc1)C2. The van der Waals surface area contributed by atoms with Crippen LogP contribution in [0.2, 0.25) is 0 Å². The number of aliphatic hydroxyl groups is 1. The van der Waals surface area contributed by atoms with E-state index in [1.165, 1.54) is 11.3 Å². The molecule has 3 heterocycles. The monoisotopic (exact) mass is 368 g/mol. The molecule has 1 aromatic carbocycles. The number of β-amino-alcohol motifs (C(OH)–C–C–N with tert-alkyl or cyclic N) is 1. The number of carbonyl (C=O) groups is 1. The normalized spacial score (nSPS) is 23.4. The molecule has 144 valence electrons. The first-order chi connectivity index (χ1) is 13.2. The van der Waals surface area contributed by atoms with Crippen molar-refractivity contribution in [2.24, 2.45) is 5.41 Å². The summed E-state index contributed by atoms with van der Waals surface area (Å²) in [5.41, 5.74) is 2.20. The standard InChI is InChI=1S/C21H28N4O2/c26-12-11-24-9-4-7-21(20(24)27)8-10-23(16-21)15-19-13-22-17-25(19)14-18-5-2-1-3-6-18/h1-3,5-6,13,17,26H,4,7-12,14-16H2. The minimum atomic E-state index is -0.252. The lowest BCUT2D eigenvalue weighted by molar-refractivity contribution is -0.146. The maximum absolute atomic E-state index is 13.0. The predicted molar refractivity (Wildman–Crippen MR) is 103 cm³/mol. The van der Waals surface area contributed by atoms with Gasteiger partial charge >= 0.3 is 0 Å². The summed E-state index contributed by atoms with van der Waals surface area (Å²) in [6.45, 7) is 4.68. The van der Waals surface area contributed by atoms with E-state index < -0.39 is 0 Å². The molecule has 2 aromatic rings. The Balaban J connectivity index is 1.42. The minimum Gasteiger partial charge on any atom is -0.395 e. The lowest BCUT2D eigenvalue weighted by atomic mass is 9.78. The van der Waals surface area contributed by atoms with Gasteiger partial charge in [0.25, 0.3) is 0 Å². The number of nitrogens with zero attached hydrogens (tertiary/aromatic N) is 4. The Hall–Kier alpha value is -2.18. The van der Waals surface area contributed by atoms with Crippen molar-refractivity contribution in [3.63, 3.8) is 0 Å². The number of hydrogen-bond acceptors (Lipinski definition) is 4. The molecule has 0 radical (unpaired) electrons. The number of imidazole rings is 1. The Morgan fingerprint density at radius 3 is 2.78 bits per heavy atom. The second kappa shape index (κ2) is 7.82. The largest absolute Gasteiger partial charge is 0.395 e. The molecule has 0 aliphatic carbocycles. The molecule has 0 bridgehead atoms. The summed E-state index contributed by atoms with van der Waals surface area (Å²) in [4.78, 5) is 21.6. The number of aromatic nitrogens is 2. The van der Waals surface area contributed by atoms with Crippen LogP contribution in [0.25, 0.3) is 0 Å². The molecule has 1 amide bonds. The third-order valence-corrected chi connectivity index (χ3v) is 6.01. The van der Waals surface area contributed by atoms with Gasteiger partial charge in [-0.2, -0.15) is 0 Å². The molecular weight excluding hydrogens is 340 g/mol. The number of benzene rings is 1. The topological polar surface area (TPSA) is 61.6 Å². The van der Waals surface area contributed by atoms with Gasteiger partial charge in [0.15, 0.2) is 0 Å². The van der Waals surface area contributed by atoms with Crippen molar-refractivity contribution < 1.29 is 9.90 Å². The Bertz CT molecular complexity index is 773. The fourth-order valence-corrected chi connectivity index (χ4v) is 4.59. The van der Waals surface area contributed by atoms with Crippen LogP contribution in [0.15, 0.2) is 42.9 Å². The van der Waals surface area contributed by atoms with E-state index in [1.54, 1.807) is 0 Å². The lowest BCUT2D eigenvalue weighted by Gasteiger charge is -2.39. The quantitative estimate of drug-likeness (QED) is 0.844. The Kier molecular flexibility index (Phi) is 5.27. The first-order valence-electron chi connectivity index (χ1n) is 9.86. The molecular formula is C21H28N4O2. The molecule has 4 rings (SSSR count). The molecule has 0 saturated carbocycles. The van der Waals surface area contributed by atoms with Gasteiger partial charge in [0.1, 0.15) is 0 Å². The van der Waals surface area contributed by atoms with Gasteiger partial charge in [-0.25, -0.2) is 4.98 Å². The number of rotatable bonds is 6. The van der Waals surface area contributed by atoms with Gasteiger partial charge in [0, 0.05) is 38.9 Å². The summed E-state index contributed by atoms with van der Waals surface area (Å²) in [7, 11) is 0. The Labute approximate surface area is 160 Å². The van der Waals surface area contributed by atoms with Gasteiger partial charge in [0.2, 0.25) is 5.91 Å². The zero-order valence-corrected chi connectivity index (χ0v) is 15.8. The lowest BCUT2D eigenvalue weighted by Crippen LogP contribution is -2.50. The maximum atomic E-state index is 13.0. The van der Waals surface area contributed by atoms with Crippen LogP contribution >= 0.6 is 0 Å². The number of amides is 1. The highest BCUT2D eigenvalue weighted by Gasteiger charge is 2.48. The van der Waals surface area contributed by atoms with Crippen molar-refractivity contribution in [2.45, 2.75) is 32.4 Å². The summed E-state index contributed by atoms with van der Waals surface area (Å²) >= 11 is 0. The van der Waals surface area contributed by atoms with Crippen molar-refractivity contribution in [3.8, 4) is 0 Å². The van der Waals surface area contributed by atoms with Gasteiger partial charge in [-0.1, -0.05) is 30.3 Å². The molecule has 6 nitrogen and oxygen atoms in total. The number of likely N-dealkylation sites (tertiary alicyclic amines) is 2. The van der Waals surface area contributed by atoms with E-state index in [0.717, 1.165) is 52.0 Å². The molecule has 6 heteroatoms. The predicted octanol–water partition coefficient (Wildman–Crippen LogP) is 1.74. The van der Waals surface area contributed by atoms with E-state index in [9.17, 15) is 9.90 Å². The number of hydrogen-bond donors (Lipinski definition) is 1. The summed E-state index contributed by atoms with van der Waals surface area (Å²) < 4.78 is 2.20. The Morgan fingerprint density at radius 1 is 1.11 bits per heavy atom. The van der Waals surface area contributed by atoms with E-state index in [2.05, 4.69) is 38.7 Å². The molecule has 1 aromatic heterocycles. The van der Waals surface area contributed by atoms with E-state index in [0.29, 0.717) is 6.54 Å². The first kappa shape index (κ1) is 18.2. The van der Waals surface area contributed by atoms with E-state index in [4.69, 9.17) is 0 Å². The van der Waals surface area contributed by atoms with Gasteiger partial charge < -0.3 is 14.6 Å². The molecule has 2 fully saturated rings. The van der Waals surface area contributed by atoms with Crippen LogP contribution in [0.5, 0.6) is 0 Å². The van der Waals surface area contributed by atoms with Crippen molar-refractivity contribution in [1.82, 2.24) is 19.4 Å². The average molecular weight is 368 g/mol. The third-order valence-electron chi connectivity index (χ3n) is 6.01. The van der Waals surface area contributed by atoms with Crippen molar-refractivity contribution in [1.29, 1.82) is 0 Å². The zero-order valence-electron chi connectivity index (χ0n) is 15.8. The minimum absolute atomic E-state index is 0.0458. The van der Waals surface area contributed by atoms with E-state index in [-0.39, 0.29) is 17.9 Å². The summed E-state index contributed by atoms with van der Waals surface area (Å²) in [5, 5.41) is 9.23. The molecule has 2 aliphatic rings. The molecule has 1 spiro atoms. The smallest absolute Gasteiger partial charge is 0.230 e. The van der Waals surface area contributed by atoms with Crippen LogP contribution in [0.1, 0.15) is 30.5 Å². The van der Waals surface area contributed by atoms with Crippen LogP contribution in [-0.2, 0) is 17.9 Å². The van der Waals surface area contributed by atoms with Crippen LogP contribution in [0.3, 0.4) is 0 Å². The highest BCUT2D eigenvalue weighted by Crippen LogP contribution is 2.40. The van der Waals surface area contributed by atoms with E-state index in [1.807, 2.05) is 23.5 Å². The van der Waals surface area contributed by atoms with Gasteiger partial charge in [-0.05, 0) is 31.4 Å². The van der Waals surface area contributed by atoms with Crippen molar-refractivity contribution in [2.75, 3.05) is 32.8 Å². The van der Waals surface area contributed by atoms with Gasteiger partial charge in [-0.15, -0.1) is 0 Å². The molecule has 1 atom stereocenters. The molecule has 1 unspecified atom stereocenters. The second-order valence-corrected chi connectivity index (χ2v) is 7.86. The summed E-state index contributed by atoms with van der Waals surface area (Å²) in [6.07, 6.45) is 6.75. The van der Waals surface area contributed by atoms with Crippen LogP contribution in [-0.4, -0.2) is 63.2 Å². The highest BCUT2D eigenvalue weighted by atomic mass is 16.3. The Morgan fingerprint density at radius 2 is 1.96 bits per heavy atom. The first-order valence-corrected chi connectivity index (χ1v) is 9.86. The molecule has 2 saturated heterocycles. The van der Waals surface area contributed by atoms with Crippen molar-refractivity contribution >= 4 is 5.91 Å². The maximum Gasteiger partial charge on any atom is 0.230 e. The van der Waals surface area contributed by atoms with Gasteiger partial charge in [-0.3, -0.25) is 9.69 Å². The molecule has 27 heavy (non-hydrogen) atoms.